The van der Waals surface area contributed by atoms with Crippen LogP contribution in [0.4, 0.5) is 28.9 Å². The summed E-state index contributed by atoms with van der Waals surface area (Å²) in [7, 11) is -4.55. The molecule has 4 nitrogen and oxygen atoms in total. The number of benzene rings is 2. The molecule has 2 aromatic rings. The second-order valence-electron chi connectivity index (χ2n) is 4.03. The van der Waals surface area contributed by atoms with Crippen LogP contribution in [0.25, 0.3) is 0 Å². The molecule has 3 N–H and O–H groups in total. The highest BCUT2D eigenvalue weighted by Gasteiger charge is 2.22. The Balaban J connectivity index is 2.46. The molecular weight excluding hydrogens is 312 g/mol. The third kappa shape index (κ3) is 3.07. The second kappa shape index (κ2) is 5.24. The zero-order valence-electron chi connectivity index (χ0n) is 10.2. The van der Waals surface area contributed by atoms with E-state index in [-0.39, 0.29) is 0 Å². The molecule has 0 bridgehead atoms. The van der Waals surface area contributed by atoms with Gasteiger partial charge in [-0.3, -0.25) is 4.72 Å². The standard InChI is InChI=1S/C12H8F4N2O2S/c13-6-1-2-11(8(15)3-6)18-21(19,20)12-5-10(17)7(14)4-9(12)16/h1-5,18H,17H2. The highest BCUT2D eigenvalue weighted by atomic mass is 32.2. The van der Waals surface area contributed by atoms with Crippen molar-refractivity contribution in [3.63, 3.8) is 0 Å². The molecule has 0 amide bonds. The highest BCUT2D eigenvalue weighted by molar-refractivity contribution is 7.92. The molecular formula is C12H8F4N2O2S. The van der Waals surface area contributed by atoms with Gasteiger partial charge in [-0.2, -0.15) is 0 Å². The molecule has 0 saturated carbocycles. The first-order chi connectivity index (χ1) is 9.70. The van der Waals surface area contributed by atoms with E-state index in [4.69, 9.17) is 5.73 Å². The quantitative estimate of drug-likeness (QED) is 0.674. The Labute approximate surface area is 117 Å². The van der Waals surface area contributed by atoms with Gasteiger partial charge < -0.3 is 5.73 Å². The molecule has 0 spiro atoms. The van der Waals surface area contributed by atoms with Crippen molar-refractivity contribution in [2.75, 3.05) is 10.5 Å². The van der Waals surface area contributed by atoms with Crippen molar-refractivity contribution < 1.29 is 26.0 Å². The van der Waals surface area contributed by atoms with E-state index in [0.29, 0.717) is 18.2 Å². The van der Waals surface area contributed by atoms with Crippen LogP contribution < -0.4 is 10.5 Å². The Morgan fingerprint density at radius 3 is 2.19 bits per heavy atom. The Kier molecular flexibility index (Phi) is 3.77. The lowest BCUT2D eigenvalue weighted by Gasteiger charge is -2.10. The van der Waals surface area contributed by atoms with Gasteiger partial charge in [0.15, 0.2) is 0 Å². The molecule has 0 atom stereocenters. The lowest BCUT2D eigenvalue weighted by molar-refractivity contribution is 0.552. The van der Waals surface area contributed by atoms with Gasteiger partial charge in [0.1, 0.15) is 28.2 Å². The SMILES string of the molecule is Nc1cc(S(=O)(=O)Nc2ccc(F)cc2F)c(F)cc1F. The first kappa shape index (κ1) is 15.1. The zero-order valence-corrected chi connectivity index (χ0v) is 11.0. The third-order valence-electron chi connectivity index (χ3n) is 2.52. The molecule has 0 aliphatic rings. The van der Waals surface area contributed by atoms with E-state index in [1.165, 1.54) is 0 Å². The maximum atomic E-state index is 13.5. The number of hydrogen-bond donors (Lipinski definition) is 2. The molecule has 0 aromatic heterocycles. The highest BCUT2D eigenvalue weighted by Crippen LogP contribution is 2.24. The molecule has 2 rings (SSSR count). The van der Waals surface area contributed by atoms with Crippen LogP contribution in [0.1, 0.15) is 0 Å². The van der Waals surface area contributed by atoms with Crippen molar-refractivity contribution in [2.24, 2.45) is 0 Å². The third-order valence-corrected chi connectivity index (χ3v) is 3.90. The summed E-state index contributed by atoms with van der Waals surface area (Å²) in [5.74, 6) is -4.61. The zero-order chi connectivity index (χ0) is 15.8. The monoisotopic (exact) mass is 320 g/mol. The van der Waals surface area contributed by atoms with Gasteiger partial charge in [-0.05, 0) is 18.2 Å². The number of sulfonamides is 1. The molecule has 21 heavy (non-hydrogen) atoms. The predicted octanol–water partition coefficient (Wildman–Crippen LogP) is 2.63. The van der Waals surface area contributed by atoms with Crippen molar-refractivity contribution in [1.29, 1.82) is 0 Å². The predicted molar refractivity (Wildman–Crippen MR) is 67.9 cm³/mol. The first-order valence-corrected chi connectivity index (χ1v) is 6.91. The fraction of sp³-hybridized carbons (Fsp3) is 0. The van der Waals surface area contributed by atoms with E-state index in [9.17, 15) is 26.0 Å². The Morgan fingerprint density at radius 1 is 0.905 bits per heavy atom. The van der Waals surface area contributed by atoms with Crippen molar-refractivity contribution in [3.05, 3.63) is 53.6 Å². The summed E-state index contributed by atoms with van der Waals surface area (Å²) >= 11 is 0. The van der Waals surface area contributed by atoms with Crippen LogP contribution in [-0.4, -0.2) is 8.42 Å². The number of hydrogen-bond acceptors (Lipinski definition) is 3. The molecule has 0 radical (unpaired) electrons. The summed E-state index contributed by atoms with van der Waals surface area (Å²) in [6.07, 6.45) is 0. The average molecular weight is 320 g/mol. The van der Waals surface area contributed by atoms with Crippen molar-refractivity contribution >= 4 is 21.4 Å². The number of nitrogens with one attached hydrogen (secondary N) is 1. The van der Waals surface area contributed by atoms with E-state index in [0.717, 1.165) is 12.1 Å². The molecule has 0 fully saturated rings. The number of nitrogens with two attached hydrogens (primary N) is 1. The molecule has 9 heteroatoms. The molecule has 112 valence electrons. The van der Waals surface area contributed by atoms with Gasteiger partial charge >= 0.3 is 0 Å². The lowest BCUT2D eigenvalue weighted by atomic mass is 10.3. The van der Waals surface area contributed by atoms with Crippen molar-refractivity contribution in [2.45, 2.75) is 4.90 Å². The molecule has 0 aliphatic heterocycles. The Bertz CT molecular complexity index is 809. The lowest BCUT2D eigenvalue weighted by Crippen LogP contribution is -2.16. The van der Waals surface area contributed by atoms with Crippen LogP contribution in [0.15, 0.2) is 35.2 Å². The van der Waals surface area contributed by atoms with Gasteiger partial charge in [-0.25, -0.2) is 26.0 Å². The topological polar surface area (TPSA) is 72.2 Å². The molecule has 0 saturated heterocycles. The molecule has 0 heterocycles. The summed E-state index contributed by atoms with van der Waals surface area (Å²) in [5, 5.41) is 0. The van der Waals surface area contributed by atoms with E-state index >= 15 is 0 Å². The number of rotatable bonds is 3. The van der Waals surface area contributed by atoms with Gasteiger partial charge in [0.2, 0.25) is 0 Å². The number of anilines is 2. The van der Waals surface area contributed by atoms with E-state index < -0.39 is 49.6 Å². The Hall–Kier alpha value is -2.29. The molecule has 2 aromatic carbocycles. The van der Waals surface area contributed by atoms with Gasteiger partial charge in [0.25, 0.3) is 10.0 Å². The number of halogens is 4. The largest absolute Gasteiger partial charge is 0.396 e. The van der Waals surface area contributed by atoms with Gasteiger partial charge in [0, 0.05) is 12.1 Å². The smallest absolute Gasteiger partial charge is 0.264 e. The van der Waals surface area contributed by atoms with Gasteiger partial charge in [-0.15, -0.1) is 0 Å². The summed E-state index contributed by atoms with van der Waals surface area (Å²) in [5.41, 5.74) is 4.00. The van der Waals surface area contributed by atoms with Crippen molar-refractivity contribution in [1.82, 2.24) is 0 Å². The van der Waals surface area contributed by atoms with Gasteiger partial charge in [-0.1, -0.05) is 0 Å². The Morgan fingerprint density at radius 2 is 1.57 bits per heavy atom. The average Bonchev–Trinajstić information content (AvgIpc) is 2.37. The molecule has 0 aliphatic carbocycles. The summed E-state index contributed by atoms with van der Waals surface area (Å²) < 4.78 is 78.2. The van der Waals surface area contributed by atoms with Crippen LogP contribution in [0.3, 0.4) is 0 Å². The maximum absolute atomic E-state index is 13.5. The fourth-order valence-electron chi connectivity index (χ4n) is 1.52. The fourth-order valence-corrected chi connectivity index (χ4v) is 2.69. The van der Waals surface area contributed by atoms with Crippen LogP contribution in [-0.2, 0) is 10.0 Å². The van der Waals surface area contributed by atoms with Crippen LogP contribution in [0, 0.1) is 23.3 Å². The van der Waals surface area contributed by atoms with Crippen LogP contribution >= 0.6 is 0 Å². The summed E-state index contributed by atoms with van der Waals surface area (Å²) in [6, 6.07) is 2.95. The van der Waals surface area contributed by atoms with E-state index in [1.54, 1.807) is 4.72 Å². The maximum Gasteiger partial charge on any atom is 0.264 e. The summed E-state index contributed by atoms with van der Waals surface area (Å²) in [6.45, 7) is 0. The first-order valence-electron chi connectivity index (χ1n) is 5.43. The second-order valence-corrected chi connectivity index (χ2v) is 5.68. The normalized spacial score (nSPS) is 11.4. The minimum atomic E-state index is -4.55. The van der Waals surface area contributed by atoms with E-state index in [1.807, 2.05) is 0 Å². The van der Waals surface area contributed by atoms with Crippen LogP contribution in [0.5, 0.6) is 0 Å². The minimum absolute atomic E-state index is 0.297. The molecule has 0 unspecified atom stereocenters. The number of nitrogen functional groups attached to an aromatic ring is 1. The van der Waals surface area contributed by atoms with E-state index in [2.05, 4.69) is 0 Å². The van der Waals surface area contributed by atoms with Crippen molar-refractivity contribution in [3.8, 4) is 0 Å². The summed E-state index contributed by atoms with van der Waals surface area (Å²) in [4.78, 5) is -0.954. The van der Waals surface area contributed by atoms with Crippen LogP contribution in [0.2, 0.25) is 0 Å². The minimum Gasteiger partial charge on any atom is -0.396 e. The van der Waals surface area contributed by atoms with Gasteiger partial charge in [0.05, 0.1) is 11.4 Å².